The molecule has 0 spiro atoms. The monoisotopic (exact) mass is 297 g/mol. The smallest absolute Gasteiger partial charge is 0.404 e. The SMILES string of the molecule is N#CCc1c(OC(F)(F)F)cnc(C(F)F)c1[N+](=O)[O-]. The average Bonchev–Trinajstić information content (AvgIpc) is 2.28. The molecule has 0 atom stereocenters. The Balaban J connectivity index is 3.52. The molecule has 108 valence electrons. The van der Waals surface area contributed by atoms with Gasteiger partial charge in [0.15, 0.2) is 11.4 Å². The molecule has 11 heteroatoms. The van der Waals surface area contributed by atoms with Crippen molar-refractivity contribution in [2.24, 2.45) is 0 Å². The lowest BCUT2D eigenvalue weighted by Crippen LogP contribution is -2.19. The third-order valence-electron chi connectivity index (χ3n) is 2.02. The van der Waals surface area contributed by atoms with Gasteiger partial charge < -0.3 is 4.74 Å². The number of nitrogens with zero attached hydrogens (tertiary/aromatic N) is 3. The summed E-state index contributed by atoms with van der Waals surface area (Å²) >= 11 is 0. The van der Waals surface area contributed by atoms with Gasteiger partial charge in [-0.05, 0) is 0 Å². The fraction of sp³-hybridized carbons (Fsp3) is 0.333. The Labute approximate surface area is 107 Å². The molecule has 0 aromatic carbocycles. The number of nitro groups is 1. The fourth-order valence-corrected chi connectivity index (χ4v) is 1.36. The Bertz CT molecular complexity index is 567. The van der Waals surface area contributed by atoms with Crippen LogP contribution in [0.25, 0.3) is 0 Å². The third kappa shape index (κ3) is 3.50. The number of hydrogen-bond acceptors (Lipinski definition) is 5. The van der Waals surface area contributed by atoms with Crippen molar-refractivity contribution in [1.82, 2.24) is 4.98 Å². The van der Waals surface area contributed by atoms with Crippen molar-refractivity contribution in [3.05, 3.63) is 27.6 Å². The molecule has 0 aliphatic carbocycles. The Hall–Kier alpha value is -2.51. The summed E-state index contributed by atoms with van der Waals surface area (Å²) in [6.45, 7) is 0. The van der Waals surface area contributed by atoms with Crippen molar-refractivity contribution >= 4 is 5.69 Å². The second-order valence-electron chi connectivity index (χ2n) is 3.28. The number of alkyl halides is 5. The van der Waals surface area contributed by atoms with Crippen LogP contribution in [0.5, 0.6) is 5.75 Å². The minimum absolute atomic E-state index is 0.272. The average molecular weight is 297 g/mol. The van der Waals surface area contributed by atoms with Crippen molar-refractivity contribution in [3.63, 3.8) is 0 Å². The number of pyridine rings is 1. The maximum atomic E-state index is 12.6. The first kappa shape index (κ1) is 15.5. The van der Waals surface area contributed by atoms with Crippen LogP contribution in [0.15, 0.2) is 6.20 Å². The quantitative estimate of drug-likeness (QED) is 0.484. The third-order valence-corrected chi connectivity index (χ3v) is 2.02. The molecular weight excluding hydrogens is 293 g/mol. The second kappa shape index (κ2) is 5.64. The Morgan fingerprint density at radius 3 is 2.50 bits per heavy atom. The normalized spacial score (nSPS) is 11.2. The van der Waals surface area contributed by atoms with E-state index in [0.717, 1.165) is 0 Å². The first-order valence-corrected chi connectivity index (χ1v) is 4.74. The van der Waals surface area contributed by atoms with Gasteiger partial charge in [0.05, 0.1) is 29.2 Å². The van der Waals surface area contributed by atoms with Gasteiger partial charge in [0.25, 0.3) is 6.43 Å². The van der Waals surface area contributed by atoms with E-state index in [-0.39, 0.29) is 6.20 Å². The number of nitriles is 1. The van der Waals surface area contributed by atoms with Gasteiger partial charge in [0, 0.05) is 0 Å². The highest BCUT2D eigenvalue weighted by molar-refractivity contribution is 5.53. The van der Waals surface area contributed by atoms with Crippen LogP contribution in [0.1, 0.15) is 17.7 Å². The molecule has 1 aromatic rings. The van der Waals surface area contributed by atoms with E-state index in [1.165, 1.54) is 6.07 Å². The van der Waals surface area contributed by atoms with E-state index >= 15 is 0 Å². The van der Waals surface area contributed by atoms with E-state index in [1.54, 1.807) is 0 Å². The van der Waals surface area contributed by atoms with Crippen LogP contribution >= 0.6 is 0 Å². The zero-order chi connectivity index (χ0) is 15.5. The van der Waals surface area contributed by atoms with Crippen LogP contribution in [0.3, 0.4) is 0 Å². The second-order valence-corrected chi connectivity index (χ2v) is 3.28. The van der Waals surface area contributed by atoms with Gasteiger partial charge >= 0.3 is 12.0 Å². The van der Waals surface area contributed by atoms with Gasteiger partial charge in [0.1, 0.15) is 0 Å². The Morgan fingerprint density at radius 1 is 1.50 bits per heavy atom. The molecule has 1 heterocycles. The first-order chi connectivity index (χ1) is 9.17. The summed E-state index contributed by atoms with van der Waals surface area (Å²) in [4.78, 5) is 12.3. The number of halogens is 5. The number of aromatic nitrogens is 1. The maximum Gasteiger partial charge on any atom is 0.573 e. The van der Waals surface area contributed by atoms with Crippen LogP contribution in [-0.4, -0.2) is 16.3 Å². The van der Waals surface area contributed by atoms with E-state index in [1.807, 2.05) is 0 Å². The lowest BCUT2D eigenvalue weighted by Gasteiger charge is -2.13. The van der Waals surface area contributed by atoms with E-state index in [0.29, 0.717) is 0 Å². The molecule has 20 heavy (non-hydrogen) atoms. The van der Waals surface area contributed by atoms with Crippen LogP contribution in [0.4, 0.5) is 27.6 Å². The molecule has 0 amide bonds. The highest BCUT2D eigenvalue weighted by Gasteiger charge is 2.36. The van der Waals surface area contributed by atoms with E-state index in [4.69, 9.17) is 5.26 Å². The molecule has 0 radical (unpaired) electrons. The highest BCUT2D eigenvalue weighted by Crippen LogP contribution is 2.37. The zero-order valence-corrected chi connectivity index (χ0v) is 9.32. The molecule has 1 aromatic heterocycles. The Morgan fingerprint density at radius 2 is 2.10 bits per heavy atom. The van der Waals surface area contributed by atoms with E-state index in [9.17, 15) is 32.1 Å². The number of rotatable bonds is 4. The lowest BCUT2D eigenvalue weighted by molar-refractivity contribution is -0.387. The summed E-state index contributed by atoms with van der Waals surface area (Å²) in [6.07, 6.45) is -9.22. The van der Waals surface area contributed by atoms with E-state index in [2.05, 4.69) is 9.72 Å². The largest absolute Gasteiger partial charge is 0.573 e. The molecule has 0 aliphatic rings. The summed E-state index contributed by atoms with van der Waals surface area (Å²) in [7, 11) is 0. The first-order valence-electron chi connectivity index (χ1n) is 4.74. The molecule has 0 saturated carbocycles. The molecule has 0 bridgehead atoms. The van der Waals surface area contributed by atoms with Gasteiger partial charge in [-0.3, -0.25) is 10.1 Å². The van der Waals surface area contributed by atoms with Gasteiger partial charge in [0.2, 0.25) is 0 Å². The molecule has 6 nitrogen and oxygen atoms in total. The molecule has 0 saturated heterocycles. The van der Waals surface area contributed by atoms with Crippen molar-refractivity contribution in [1.29, 1.82) is 5.26 Å². The standard InChI is InChI=1S/C9H4F5N3O3/c10-8(11)6-7(17(18)19)4(1-2-15)5(3-16-6)20-9(12,13)14/h3,8H,1H2. The van der Waals surface area contributed by atoms with Gasteiger partial charge in [-0.2, -0.15) is 5.26 Å². The predicted octanol–water partition coefficient (Wildman–Crippen LogP) is 2.89. The molecule has 1 rings (SSSR count). The van der Waals surface area contributed by atoms with Gasteiger partial charge in [-0.25, -0.2) is 13.8 Å². The Kier molecular flexibility index (Phi) is 4.38. The van der Waals surface area contributed by atoms with Gasteiger partial charge in [-0.15, -0.1) is 13.2 Å². The predicted molar refractivity (Wildman–Crippen MR) is 51.8 cm³/mol. The summed E-state index contributed by atoms with van der Waals surface area (Å²) < 4.78 is 64.9. The summed E-state index contributed by atoms with van der Waals surface area (Å²) in [5, 5.41) is 19.2. The zero-order valence-electron chi connectivity index (χ0n) is 9.32. The van der Waals surface area contributed by atoms with Crippen LogP contribution in [-0.2, 0) is 6.42 Å². The fourth-order valence-electron chi connectivity index (χ4n) is 1.36. The summed E-state index contributed by atoms with van der Waals surface area (Å²) in [5.74, 6) is -1.16. The summed E-state index contributed by atoms with van der Waals surface area (Å²) in [5.41, 5.74) is -3.59. The number of hydrogen-bond donors (Lipinski definition) is 0. The van der Waals surface area contributed by atoms with Crippen molar-refractivity contribution < 1.29 is 31.6 Å². The van der Waals surface area contributed by atoms with Crippen molar-refractivity contribution in [3.8, 4) is 11.8 Å². The topological polar surface area (TPSA) is 89.0 Å². The lowest BCUT2D eigenvalue weighted by atomic mass is 10.1. The number of ether oxygens (including phenoxy) is 1. The molecule has 0 unspecified atom stereocenters. The van der Waals surface area contributed by atoms with Gasteiger partial charge in [-0.1, -0.05) is 0 Å². The van der Waals surface area contributed by atoms with Crippen molar-refractivity contribution in [2.45, 2.75) is 19.2 Å². The minimum Gasteiger partial charge on any atom is -0.404 e. The van der Waals surface area contributed by atoms with Crippen LogP contribution in [0.2, 0.25) is 0 Å². The minimum atomic E-state index is -5.20. The van der Waals surface area contributed by atoms with Crippen LogP contribution in [0, 0.1) is 21.4 Å². The van der Waals surface area contributed by atoms with Crippen LogP contribution < -0.4 is 4.74 Å². The van der Waals surface area contributed by atoms with Crippen molar-refractivity contribution in [2.75, 3.05) is 0 Å². The highest BCUT2D eigenvalue weighted by atomic mass is 19.4. The molecule has 0 N–H and O–H groups in total. The maximum absolute atomic E-state index is 12.6. The van der Waals surface area contributed by atoms with E-state index < -0.39 is 46.8 Å². The molecule has 0 aliphatic heterocycles. The molecular formula is C9H4F5N3O3. The molecule has 0 fully saturated rings. The summed E-state index contributed by atoms with van der Waals surface area (Å²) in [6, 6.07) is 1.35.